The van der Waals surface area contributed by atoms with Crippen molar-refractivity contribution in [1.82, 2.24) is 9.97 Å². The smallest absolute Gasteiger partial charge is 0.305 e. The number of aliphatic hydroxyl groups excluding tert-OH is 3. The van der Waals surface area contributed by atoms with E-state index >= 15 is 0 Å². The van der Waals surface area contributed by atoms with Crippen molar-refractivity contribution in [1.29, 1.82) is 0 Å². The molecule has 1 amide bonds. The molecule has 0 fully saturated rings. The van der Waals surface area contributed by atoms with Crippen LogP contribution in [0.2, 0.25) is 5.02 Å². The molecule has 0 aliphatic carbocycles. The fourth-order valence-corrected chi connectivity index (χ4v) is 2.86. The molecule has 2 heterocycles. The molecule has 0 saturated carbocycles. The first-order valence-corrected chi connectivity index (χ1v) is 10.6. The highest BCUT2D eigenvalue weighted by Crippen LogP contribution is 2.41. The van der Waals surface area contributed by atoms with Crippen LogP contribution >= 0.6 is 11.6 Å². The fourth-order valence-electron chi connectivity index (χ4n) is 2.66. The Bertz CT molecular complexity index is 966. The van der Waals surface area contributed by atoms with Crippen molar-refractivity contribution in [2.45, 2.75) is 25.0 Å². The van der Waals surface area contributed by atoms with Gasteiger partial charge in [-0.2, -0.15) is 0 Å². The number of rotatable bonds is 9. The molecule has 0 bridgehead atoms. The molecular formula is C21H27ClN4O8. The quantitative estimate of drug-likeness (QED) is 0.316. The minimum atomic E-state index is -1.21. The number of anilines is 1. The van der Waals surface area contributed by atoms with E-state index in [1.165, 1.54) is 11.0 Å². The van der Waals surface area contributed by atoms with E-state index in [2.05, 4.69) is 9.97 Å². The molecule has 0 unspecified atom stereocenters. The van der Waals surface area contributed by atoms with Crippen LogP contribution in [0, 0.1) is 0 Å². The van der Waals surface area contributed by atoms with Crippen LogP contribution in [-0.4, -0.2) is 80.8 Å². The van der Waals surface area contributed by atoms with Crippen LogP contribution < -0.4 is 20.1 Å². The number of aliphatic carboxylic acids is 1. The lowest BCUT2D eigenvalue weighted by atomic mass is 10.1. The molecule has 34 heavy (non-hydrogen) atoms. The van der Waals surface area contributed by atoms with Gasteiger partial charge in [0.25, 0.3) is 5.91 Å². The van der Waals surface area contributed by atoms with E-state index in [1.807, 2.05) is 0 Å². The molecule has 186 valence electrons. The number of hydrogen-bond donors (Lipinski definition) is 5. The molecule has 13 heteroatoms. The zero-order valence-corrected chi connectivity index (χ0v) is 19.2. The number of carboxylic acids is 1. The number of aliphatic hydroxyl groups is 3. The van der Waals surface area contributed by atoms with Crippen LogP contribution in [0.3, 0.4) is 0 Å². The van der Waals surface area contributed by atoms with Crippen LogP contribution in [0.5, 0.6) is 11.5 Å². The molecule has 1 aromatic heterocycles. The van der Waals surface area contributed by atoms with Gasteiger partial charge in [0.1, 0.15) is 11.5 Å². The van der Waals surface area contributed by atoms with Gasteiger partial charge in [-0.15, -0.1) is 0 Å². The maximum atomic E-state index is 12.0. The SMILES string of the molecule is C[C@@H](Oc1cc2c(cc1Cl)N(CCC(=O)O)C(=O)CO2)c1ncccn1.NC(CO)(CO)CO. The molecule has 1 aliphatic rings. The van der Waals surface area contributed by atoms with Gasteiger partial charge in [0, 0.05) is 25.0 Å². The highest BCUT2D eigenvalue weighted by molar-refractivity contribution is 6.32. The first kappa shape index (κ1) is 27.2. The predicted octanol–water partition coefficient (Wildman–Crippen LogP) is 0.131. The highest BCUT2D eigenvalue weighted by Gasteiger charge is 2.28. The number of nitrogens with two attached hydrogens (primary N) is 1. The predicted molar refractivity (Wildman–Crippen MR) is 121 cm³/mol. The van der Waals surface area contributed by atoms with Gasteiger partial charge in [-0.1, -0.05) is 11.6 Å². The third-order valence-electron chi connectivity index (χ3n) is 4.70. The molecule has 12 nitrogen and oxygen atoms in total. The Hall–Kier alpha value is -3.03. The number of aromatic nitrogens is 2. The molecular weight excluding hydrogens is 472 g/mol. The van der Waals surface area contributed by atoms with Crippen LogP contribution in [0.1, 0.15) is 25.3 Å². The van der Waals surface area contributed by atoms with E-state index in [4.69, 9.17) is 47.2 Å². The number of hydrogen-bond acceptors (Lipinski definition) is 10. The largest absolute Gasteiger partial charge is 0.481 e. The van der Waals surface area contributed by atoms with Gasteiger partial charge in [0.2, 0.25) is 0 Å². The number of carboxylic acid groups (broad SMARTS) is 1. The number of ether oxygens (including phenoxy) is 2. The third-order valence-corrected chi connectivity index (χ3v) is 5.00. The van der Waals surface area contributed by atoms with Gasteiger partial charge in [0.05, 0.1) is 42.5 Å². The average Bonchev–Trinajstić information content (AvgIpc) is 2.84. The second kappa shape index (κ2) is 12.4. The van der Waals surface area contributed by atoms with E-state index in [9.17, 15) is 9.59 Å². The van der Waals surface area contributed by atoms with E-state index in [0.29, 0.717) is 23.0 Å². The minimum absolute atomic E-state index is 0.0370. The third kappa shape index (κ3) is 7.23. The Morgan fingerprint density at radius 1 is 1.26 bits per heavy atom. The Morgan fingerprint density at radius 2 is 1.88 bits per heavy atom. The molecule has 1 atom stereocenters. The Kier molecular flexibility index (Phi) is 9.96. The second-order valence-corrected chi connectivity index (χ2v) is 7.84. The lowest BCUT2D eigenvalue weighted by molar-refractivity contribution is -0.136. The van der Waals surface area contributed by atoms with Gasteiger partial charge in [-0.3, -0.25) is 9.59 Å². The second-order valence-electron chi connectivity index (χ2n) is 7.43. The summed E-state index contributed by atoms with van der Waals surface area (Å²) < 4.78 is 11.3. The maximum absolute atomic E-state index is 12.0. The number of nitrogens with zero attached hydrogens (tertiary/aromatic N) is 3. The Morgan fingerprint density at radius 3 is 2.41 bits per heavy atom. The minimum Gasteiger partial charge on any atom is -0.481 e. The summed E-state index contributed by atoms with van der Waals surface area (Å²) in [7, 11) is 0. The summed E-state index contributed by atoms with van der Waals surface area (Å²) in [5, 5.41) is 34.1. The molecule has 6 N–H and O–H groups in total. The summed E-state index contributed by atoms with van der Waals surface area (Å²) >= 11 is 6.29. The molecule has 3 rings (SSSR count). The summed E-state index contributed by atoms with van der Waals surface area (Å²) in [6, 6.07) is 4.82. The van der Waals surface area contributed by atoms with Gasteiger partial charge >= 0.3 is 5.97 Å². The van der Waals surface area contributed by atoms with Crippen LogP contribution in [0.4, 0.5) is 5.69 Å². The van der Waals surface area contributed by atoms with Gasteiger partial charge in [0.15, 0.2) is 18.5 Å². The van der Waals surface area contributed by atoms with Crippen molar-refractivity contribution in [2.75, 3.05) is 37.9 Å². The van der Waals surface area contributed by atoms with Crippen molar-refractivity contribution in [2.24, 2.45) is 5.73 Å². The average molecular weight is 499 g/mol. The van der Waals surface area contributed by atoms with Crippen molar-refractivity contribution >= 4 is 29.2 Å². The van der Waals surface area contributed by atoms with E-state index in [0.717, 1.165) is 0 Å². The van der Waals surface area contributed by atoms with Crippen LogP contribution in [0.15, 0.2) is 30.6 Å². The normalized spacial score (nSPS) is 13.8. The lowest BCUT2D eigenvalue weighted by Crippen LogP contribution is -2.50. The number of halogens is 1. The Balaban J connectivity index is 0.000000440. The van der Waals surface area contributed by atoms with Crippen LogP contribution in [-0.2, 0) is 9.59 Å². The summed E-state index contributed by atoms with van der Waals surface area (Å²) in [6.07, 6.45) is 2.61. The van der Waals surface area contributed by atoms with E-state index < -0.39 is 37.4 Å². The number of carbonyl (C=O) groups is 2. The van der Waals surface area contributed by atoms with Gasteiger partial charge in [-0.25, -0.2) is 9.97 Å². The Labute approximate surface area is 200 Å². The van der Waals surface area contributed by atoms with Crippen LogP contribution in [0.25, 0.3) is 0 Å². The number of carbonyl (C=O) groups excluding carboxylic acids is 1. The molecule has 2 aromatic rings. The van der Waals surface area contributed by atoms with E-state index in [1.54, 1.807) is 31.5 Å². The molecule has 1 aromatic carbocycles. The highest BCUT2D eigenvalue weighted by atomic mass is 35.5. The molecule has 0 radical (unpaired) electrons. The summed E-state index contributed by atoms with van der Waals surface area (Å²) in [5.74, 6) is -0.0583. The van der Waals surface area contributed by atoms with E-state index in [-0.39, 0.29) is 30.5 Å². The number of benzene rings is 1. The van der Waals surface area contributed by atoms with Crippen molar-refractivity contribution in [3.8, 4) is 11.5 Å². The van der Waals surface area contributed by atoms with Crippen molar-refractivity contribution < 1.29 is 39.5 Å². The molecule has 0 saturated heterocycles. The van der Waals surface area contributed by atoms with Gasteiger partial charge < -0.3 is 40.5 Å². The number of fused-ring (bicyclic) bond motifs is 1. The zero-order valence-electron chi connectivity index (χ0n) is 18.4. The number of amides is 1. The first-order valence-electron chi connectivity index (χ1n) is 10.2. The fraction of sp³-hybridized carbons (Fsp3) is 0.429. The van der Waals surface area contributed by atoms with Crippen molar-refractivity contribution in [3.63, 3.8) is 0 Å². The monoisotopic (exact) mass is 498 g/mol. The van der Waals surface area contributed by atoms with Gasteiger partial charge in [-0.05, 0) is 19.1 Å². The zero-order chi connectivity index (χ0) is 25.3. The molecule has 1 aliphatic heterocycles. The summed E-state index contributed by atoms with van der Waals surface area (Å²) in [5.41, 5.74) is 4.36. The first-order chi connectivity index (χ1) is 16.1. The maximum Gasteiger partial charge on any atom is 0.305 e. The standard InChI is InChI=1S/C17H16ClN3O5.C4H11NO3/c1-10(17-19-4-2-5-20-17)26-13-8-14-12(7-11(13)18)21(6-3-16(23)24)15(22)9-25-14;5-4(1-6,2-7)3-8/h2,4-5,7-8,10H,3,6,9H2,1H3,(H,23,24);6-8H,1-3,5H2/t10-;/m1./s1. The lowest BCUT2D eigenvalue weighted by Gasteiger charge is -2.30. The summed E-state index contributed by atoms with van der Waals surface area (Å²) in [6.45, 7) is 0.440. The summed E-state index contributed by atoms with van der Waals surface area (Å²) in [4.78, 5) is 32.5. The molecule has 0 spiro atoms. The van der Waals surface area contributed by atoms with Crippen molar-refractivity contribution in [3.05, 3.63) is 41.4 Å². The topological polar surface area (TPSA) is 189 Å².